The number of isocyanates is 1. The van der Waals surface area contributed by atoms with Gasteiger partial charge >= 0.3 is 0 Å². The van der Waals surface area contributed by atoms with E-state index in [9.17, 15) is 4.79 Å². The number of halogens is 1. The zero-order valence-electron chi connectivity index (χ0n) is 10.5. The van der Waals surface area contributed by atoms with E-state index in [0.29, 0.717) is 16.5 Å². The third kappa shape index (κ3) is 1.88. The molecule has 1 fully saturated rings. The largest absolute Gasteiger partial charge is 0.492 e. The molecule has 5 heteroatoms. The molecule has 2 rings (SSSR count). The smallest absolute Gasteiger partial charge is 0.235 e. The van der Waals surface area contributed by atoms with Gasteiger partial charge in [0.1, 0.15) is 5.54 Å². The molecule has 0 aromatic heterocycles. The van der Waals surface area contributed by atoms with Gasteiger partial charge in [0, 0.05) is 5.56 Å². The fourth-order valence-corrected chi connectivity index (χ4v) is 2.64. The Kier molecular flexibility index (Phi) is 3.33. The van der Waals surface area contributed by atoms with Crippen LogP contribution in [0.4, 0.5) is 0 Å². The van der Waals surface area contributed by atoms with E-state index in [0.717, 1.165) is 24.0 Å². The van der Waals surface area contributed by atoms with E-state index in [2.05, 4.69) is 4.99 Å². The van der Waals surface area contributed by atoms with Crippen molar-refractivity contribution in [1.29, 1.82) is 0 Å². The highest BCUT2D eigenvalue weighted by Gasteiger charge is 2.48. The van der Waals surface area contributed by atoms with Crippen LogP contribution >= 0.6 is 11.6 Å². The fourth-order valence-electron chi connectivity index (χ4n) is 2.32. The molecule has 0 spiro atoms. The summed E-state index contributed by atoms with van der Waals surface area (Å²) in [6, 6.07) is 1.80. The summed E-state index contributed by atoms with van der Waals surface area (Å²) in [7, 11) is 3.09. The van der Waals surface area contributed by atoms with Gasteiger partial charge < -0.3 is 9.47 Å². The van der Waals surface area contributed by atoms with Crippen LogP contribution in [-0.2, 0) is 10.3 Å². The molecule has 0 aliphatic heterocycles. The normalized spacial score (nSPS) is 15.8. The molecule has 0 saturated heterocycles. The second-order valence-electron chi connectivity index (χ2n) is 4.35. The molecule has 1 aromatic carbocycles. The monoisotopic (exact) mass is 267 g/mol. The van der Waals surface area contributed by atoms with Gasteiger partial charge in [-0.05, 0) is 31.4 Å². The van der Waals surface area contributed by atoms with E-state index in [1.807, 2.05) is 6.92 Å². The highest BCUT2D eigenvalue weighted by molar-refractivity contribution is 6.32. The third-order valence-electron chi connectivity index (χ3n) is 3.24. The van der Waals surface area contributed by atoms with Gasteiger partial charge in [-0.1, -0.05) is 11.6 Å². The van der Waals surface area contributed by atoms with Crippen molar-refractivity contribution in [3.8, 4) is 11.5 Å². The van der Waals surface area contributed by atoms with Gasteiger partial charge in [-0.25, -0.2) is 4.79 Å². The topological polar surface area (TPSA) is 47.9 Å². The Morgan fingerprint density at radius 1 is 1.33 bits per heavy atom. The first-order valence-corrected chi connectivity index (χ1v) is 5.98. The van der Waals surface area contributed by atoms with Crippen molar-refractivity contribution < 1.29 is 14.3 Å². The summed E-state index contributed by atoms with van der Waals surface area (Å²) in [5.41, 5.74) is 1.30. The maximum atomic E-state index is 10.6. The summed E-state index contributed by atoms with van der Waals surface area (Å²) in [4.78, 5) is 14.5. The van der Waals surface area contributed by atoms with Gasteiger partial charge in [-0.3, -0.25) is 0 Å². The molecule has 0 atom stereocenters. The SMILES string of the molecule is COc1c(Cl)cc(C)c(C2(N=C=O)CC2)c1OC. The van der Waals surface area contributed by atoms with Crippen LogP contribution < -0.4 is 9.47 Å². The molecule has 4 nitrogen and oxygen atoms in total. The van der Waals surface area contributed by atoms with Crippen molar-refractivity contribution in [2.75, 3.05) is 14.2 Å². The lowest BCUT2D eigenvalue weighted by Gasteiger charge is -2.20. The Bertz CT molecular complexity index is 532. The van der Waals surface area contributed by atoms with Crippen LogP contribution in [-0.4, -0.2) is 20.3 Å². The maximum Gasteiger partial charge on any atom is 0.235 e. The molecular formula is C13H14ClNO3. The van der Waals surface area contributed by atoms with Crippen molar-refractivity contribution in [3.63, 3.8) is 0 Å². The Labute approximate surface area is 111 Å². The Morgan fingerprint density at radius 2 is 1.94 bits per heavy atom. The highest BCUT2D eigenvalue weighted by Crippen LogP contribution is 2.56. The number of nitrogens with zero attached hydrogens (tertiary/aromatic N) is 1. The molecular weight excluding hydrogens is 254 g/mol. The zero-order valence-corrected chi connectivity index (χ0v) is 11.3. The lowest BCUT2D eigenvalue weighted by molar-refractivity contribution is 0.348. The summed E-state index contributed by atoms with van der Waals surface area (Å²) in [6.07, 6.45) is 3.26. The predicted molar refractivity (Wildman–Crippen MR) is 68.3 cm³/mol. The number of ether oxygens (including phenoxy) is 2. The molecule has 0 bridgehead atoms. The summed E-state index contributed by atoms with van der Waals surface area (Å²) < 4.78 is 10.7. The Morgan fingerprint density at radius 3 is 2.39 bits per heavy atom. The quantitative estimate of drug-likeness (QED) is 0.622. The second kappa shape index (κ2) is 4.63. The number of aliphatic imine (C=N–C) groups is 1. The zero-order chi connectivity index (χ0) is 13.3. The molecule has 0 N–H and O–H groups in total. The lowest BCUT2D eigenvalue weighted by atomic mass is 9.97. The average molecular weight is 268 g/mol. The van der Waals surface area contributed by atoms with E-state index in [4.69, 9.17) is 21.1 Å². The number of hydrogen-bond donors (Lipinski definition) is 0. The first-order chi connectivity index (χ1) is 8.59. The van der Waals surface area contributed by atoms with Crippen molar-refractivity contribution in [2.45, 2.75) is 25.3 Å². The standard InChI is InChI=1S/C13H14ClNO3/c1-8-6-9(14)11(17-2)12(18-3)10(8)13(4-5-13)15-7-16/h6H,4-5H2,1-3H3. The highest BCUT2D eigenvalue weighted by atomic mass is 35.5. The van der Waals surface area contributed by atoms with E-state index in [1.165, 1.54) is 7.11 Å². The van der Waals surface area contributed by atoms with Crippen molar-refractivity contribution in [2.24, 2.45) is 4.99 Å². The van der Waals surface area contributed by atoms with Crippen LogP contribution in [0.15, 0.2) is 11.1 Å². The number of aryl methyl sites for hydroxylation is 1. The van der Waals surface area contributed by atoms with Gasteiger partial charge in [0.25, 0.3) is 0 Å². The lowest BCUT2D eigenvalue weighted by Crippen LogP contribution is -2.09. The minimum atomic E-state index is -0.505. The van der Waals surface area contributed by atoms with Crippen LogP contribution in [0, 0.1) is 6.92 Å². The molecule has 0 amide bonds. The number of hydrogen-bond acceptors (Lipinski definition) is 4. The molecule has 0 radical (unpaired) electrons. The average Bonchev–Trinajstić information content (AvgIpc) is 3.09. The molecule has 0 unspecified atom stereocenters. The van der Waals surface area contributed by atoms with Gasteiger partial charge in [-0.2, -0.15) is 4.99 Å². The molecule has 0 heterocycles. The van der Waals surface area contributed by atoms with Gasteiger partial charge in [-0.15, -0.1) is 0 Å². The predicted octanol–water partition coefficient (Wildman–Crippen LogP) is 2.99. The summed E-state index contributed by atoms with van der Waals surface area (Å²) in [5, 5.41) is 0.487. The van der Waals surface area contributed by atoms with Crippen LogP contribution in [0.25, 0.3) is 0 Å². The molecule has 96 valence electrons. The number of methoxy groups -OCH3 is 2. The van der Waals surface area contributed by atoms with Crippen LogP contribution in [0.2, 0.25) is 5.02 Å². The second-order valence-corrected chi connectivity index (χ2v) is 4.76. The first kappa shape index (κ1) is 12.9. The minimum Gasteiger partial charge on any atom is -0.492 e. The van der Waals surface area contributed by atoms with Gasteiger partial charge in [0.2, 0.25) is 6.08 Å². The van der Waals surface area contributed by atoms with Crippen molar-refractivity contribution in [1.82, 2.24) is 0 Å². The van der Waals surface area contributed by atoms with Crippen molar-refractivity contribution in [3.05, 3.63) is 22.2 Å². The van der Waals surface area contributed by atoms with E-state index in [1.54, 1.807) is 19.3 Å². The number of rotatable bonds is 4. The molecule has 1 aromatic rings. The van der Waals surface area contributed by atoms with E-state index < -0.39 is 5.54 Å². The molecule has 1 aliphatic rings. The van der Waals surface area contributed by atoms with E-state index >= 15 is 0 Å². The summed E-state index contributed by atoms with van der Waals surface area (Å²) >= 11 is 6.12. The van der Waals surface area contributed by atoms with Crippen LogP contribution in [0.3, 0.4) is 0 Å². The number of carbonyl (C=O) groups excluding carboxylic acids is 1. The van der Waals surface area contributed by atoms with Gasteiger partial charge in [0.05, 0.1) is 19.2 Å². The first-order valence-electron chi connectivity index (χ1n) is 5.60. The summed E-state index contributed by atoms with van der Waals surface area (Å²) in [5.74, 6) is 1.03. The third-order valence-corrected chi connectivity index (χ3v) is 3.53. The van der Waals surface area contributed by atoms with Crippen LogP contribution in [0.5, 0.6) is 11.5 Å². The number of benzene rings is 1. The maximum absolute atomic E-state index is 10.6. The molecule has 18 heavy (non-hydrogen) atoms. The van der Waals surface area contributed by atoms with Crippen LogP contribution in [0.1, 0.15) is 24.0 Å². The fraction of sp³-hybridized carbons (Fsp3) is 0.462. The van der Waals surface area contributed by atoms with Crippen molar-refractivity contribution >= 4 is 17.7 Å². The molecule has 1 aliphatic carbocycles. The van der Waals surface area contributed by atoms with Gasteiger partial charge in [0.15, 0.2) is 11.5 Å². The van der Waals surface area contributed by atoms with E-state index in [-0.39, 0.29) is 0 Å². The minimum absolute atomic E-state index is 0.479. The Hall–Kier alpha value is -1.51. The summed E-state index contributed by atoms with van der Waals surface area (Å²) in [6.45, 7) is 1.92. The molecule has 1 saturated carbocycles. The Balaban J connectivity index is 2.70.